The number of hydrogen-bond donors (Lipinski definition) is 2. The van der Waals surface area contributed by atoms with Gasteiger partial charge in [0.05, 0.1) is 0 Å². The first-order valence-corrected chi connectivity index (χ1v) is 6.58. The molecule has 0 saturated carbocycles. The van der Waals surface area contributed by atoms with E-state index in [1.54, 1.807) is 27.7 Å². The third kappa shape index (κ3) is 3.34. The molecule has 2 atom stereocenters. The smallest absolute Gasteiger partial charge is 0.331 e. The second-order valence-electron chi connectivity index (χ2n) is 5.88. The lowest BCUT2D eigenvalue weighted by molar-refractivity contribution is -0.147. The molecule has 7 heteroatoms. The SMILES string of the molecule is CCC1C(=O)NC(=O)N(C(C)C(=O)NC(C)(C)C)C1=O. The maximum absolute atomic E-state index is 12.2. The monoisotopic (exact) mass is 283 g/mol. The molecule has 5 amide bonds. The van der Waals surface area contributed by atoms with E-state index in [0.717, 1.165) is 4.90 Å². The summed E-state index contributed by atoms with van der Waals surface area (Å²) in [5, 5.41) is 4.81. The fourth-order valence-corrected chi connectivity index (χ4v) is 1.95. The Bertz CT molecular complexity index is 453. The van der Waals surface area contributed by atoms with Crippen LogP contribution in [0, 0.1) is 5.92 Å². The van der Waals surface area contributed by atoms with Crippen LogP contribution in [-0.4, -0.2) is 40.2 Å². The van der Waals surface area contributed by atoms with E-state index in [0.29, 0.717) is 0 Å². The van der Waals surface area contributed by atoms with E-state index in [9.17, 15) is 19.2 Å². The summed E-state index contributed by atoms with van der Waals surface area (Å²) in [6.07, 6.45) is 0.280. The van der Waals surface area contributed by atoms with Gasteiger partial charge < -0.3 is 5.32 Å². The van der Waals surface area contributed by atoms with Crippen molar-refractivity contribution in [2.75, 3.05) is 0 Å². The molecule has 0 aromatic carbocycles. The molecule has 112 valence electrons. The first-order chi connectivity index (χ1) is 9.08. The molecule has 1 heterocycles. The largest absolute Gasteiger partial charge is 0.350 e. The zero-order chi connectivity index (χ0) is 15.7. The first-order valence-electron chi connectivity index (χ1n) is 6.58. The minimum atomic E-state index is -0.969. The lowest BCUT2D eigenvalue weighted by Gasteiger charge is -2.34. The van der Waals surface area contributed by atoms with Gasteiger partial charge in [0.25, 0.3) is 0 Å². The van der Waals surface area contributed by atoms with Crippen molar-refractivity contribution >= 4 is 23.8 Å². The lowest BCUT2D eigenvalue weighted by Crippen LogP contribution is -2.63. The molecule has 2 N–H and O–H groups in total. The van der Waals surface area contributed by atoms with Crippen LogP contribution in [0.25, 0.3) is 0 Å². The molecule has 7 nitrogen and oxygen atoms in total. The summed E-state index contributed by atoms with van der Waals surface area (Å²) in [6, 6.07) is -1.81. The second kappa shape index (κ2) is 5.60. The number of urea groups is 1. The molecular formula is C13H21N3O4. The van der Waals surface area contributed by atoms with E-state index in [1.807, 2.05) is 0 Å². The number of carbonyl (C=O) groups excluding carboxylic acids is 4. The average Bonchev–Trinajstić information content (AvgIpc) is 2.26. The fourth-order valence-electron chi connectivity index (χ4n) is 1.95. The Labute approximate surface area is 118 Å². The maximum atomic E-state index is 12.2. The van der Waals surface area contributed by atoms with E-state index in [2.05, 4.69) is 10.6 Å². The Balaban J connectivity index is 2.93. The summed E-state index contributed by atoms with van der Waals surface area (Å²) >= 11 is 0. The van der Waals surface area contributed by atoms with Crippen LogP contribution in [0.15, 0.2) is 0 Å². The van der Waals surface area contributed by atoms with Gasteiger partial charge in [0.2, 0.25) is 17.7 Å². The number of rotatable bonds is 3. The zero-order valence-corrected chi connectivity index (χ0v) is 12.4. The minimum absolute atomic E-state index is 0.280. The van der Waals surface area contributed by atoms with Crippen LogP contribution in [0.4, 0.5) is 4.79 Å². The van der Waals surface area contributed by atoms with Gasteiger partial charge in [-0.2, -0.15) is 0 Å². The molecule has 1 rings (SSSR count). The number of hydrogen-bond acceptors (Lipinski definition) is 4. The number of amides is 5. The summed E-state index contributed by atoms with van der Waals surface area (Å²) in [6.45, 7) is 8.54. The van der Waals surface area contributed by atoms with Crippen molar-refractivity contribution in [3.8, 4) is 0 Å². The normalized spacial score (nSPS) is 21.6. The van der Waals surface area contributed by atoms with E-state index >= 15 is 0 Å². The summed E-state index contributed by atoms with van der Waals surface area (Å²) in [4.78, 5) is 48.3. The molecule has 0 spiro atoms. The molecule has 1 fully saturated rings. The first kappa shape index (κ1) is 16.1. The van der Waals surface area contributed by atoms with Crippen LogP contribution in [-0.2, 0) is 14.4 Å². The van der Waals surface area contributed by atoms with E-state index in [1.165, 1.54) is 6.92 Å². The molecule has 0 bridgehead atoms. The summed E-state index contributed by atoms with van der Waals surface area (Å²) in [7, 11) is 0. The lowest BCUT2D eigenvalue weighted by atomic mass is 10.0. The van der Waals surface area contributed by atoms with Crippen molar-refractivity contribution in [2.45, 2.75) is 52.6 Å². The highest BCUT2D eigenvalue weighted by Gasteiger charge is 2.43. The van der Waals surface area contributed by atoms with Crippen molar-refractivity contribution in [3.05, 3.63) is 0 Å². The summed E-state index contributed by atoms with van der Waals surface area (Å²) in [5.74, 6) is -2.59. The van der Waals surface area contributed by atoms with Crippen LogP contribution in [0.2, 0.25) is 0 Å². The predicted molar refractivity (Wildman–Crippen MR) is 71.5 cm³/mol. The maximum Gasteiger partial charge on any atom is 0.331 e. The Morgan fingerprint density at radius 3 is 2.35 bits per heavy atom. The molecule has 0 radical (unpaired) electrons. The molecule has 2 unspecified atom stereocenters. The van der Waals surface area contributed by atoms with Crippen LogP contribution in [0.5, 0.6) is 0 Å². The molecule has 20 heavy (non-hydrogen) atoms. The molecule has 0 aromatic rings. The molecule has 1 saturated heterocycles. The van der Waals surface area contributed by atoms with Crippen LogP contribution in [0.1, 0.15) is 41.0 Å². The minimum Gasteiger partial charge on any atom is -0.350 e. The van der Waals surface area contributed by atoms with Crippen molar-refractivity contribution in [1.82, 2.24) is 15.5 Å². The fraction of sp³-hybridized carbons (Fsp3) is 0.692. The highest BCUT2D eigenvalue weighted by Crippen LogP contribution is 2.17. The Kier molecular flexibility index (Phi) is 4.52. The summed E-state index contributed by atoms with van der Waals surface area (Å²) in [5.41, 5.74) is -0.472. The average molecular weight is 283 g/mol. The number of barbiturate groups is 1. The van der Waals surface area contributed by atoms with Crippen molar-refractivity contribution in [2.24, 2.45) is 5.92 Å². The van der Waals surface area contributed by atoms with Gasteiger partial charge in [-0.1, -0.05) is 6.92 Å². The van der Waals surface area contributed by atoms with Crippen molar-refractivity contribution in [3.63, 3.8) is 0 Å². The highest BCUT2D eigenvalue weighted by atomic mass is 16.2. The standard InChI is InChI=1S/C13H21N3O4/c1-6-8-10(18)14-12(20)16(11(8)19)7(2)9(17)15-13(3,4)5/h7-8H,6H2,1-5H3,(H,15,17)(H,14,18,20). The van der Waals surface area contributed by atoms with Gasteiger partial charge in [0.1, 0.15) is 12.0 Å². The number of nitrogens with zero attached hydrogens (tertiary/aromatic N) is 1. The van der Waals surface area contributed by atoms with Crippen LogP contribution >= 0.6 is 0 Å². The Hall–Kier alpha value is -1.92. The van der Waals surface area contributed by atoms with Crippen LogP contribution < -0.4 is 10.6 Å². The van der Waals surface area contributed by atoms with Gasteiger partial charge in [0.15, 0.2) is 0 Å². The van der Waals surface area contributed by atoms with E-state index in [4.69, 9.17) is 0 Å². The Morgan fingerprint density at radius 2 is 1.90 bits per heavy atom. The van der Waals surface area contributed by atoms with Gasteiger partial charge in [-0.25, -0.2) is 4.79 Å². The Morgan fingerprint density at radius 1 is 1.35 bits per heavy atom. The quantitative estimate of drug-likeness (QED) is 0.733. The topological polar surface area (TPSA) is 95.6 Å². The molecule has 0 aliphatic carbocycles. The van der Waals surface area contributed by atoms with E-state index in [-0.39, 0.29) is 6.42 Å². The molecule has 1 aliphatic heterocycles. The van der Waals surface area contributed by atoms with Crippen LogP contribution in [0.3, 0.4) is 0 Å². The molecular weight excluding hydrogens is 262 g/mol. The van der Waals surface area contributed by atoms with E-state index < -0.39 is 41.3 Å². The van der Waals surface area contributed by atoms with Gasteiger partial charge >= 0.3 is 6.03 Å². The van der Waals surface area contributed by atoms with Crippen molar-refractivity contribution in [1.29, 1.82) is 0 Å². The molecule has 1 aliphatic rings. The highest BCUT2D eigenvalue weighted by molar-refractivity contribution is 6.17. The third-order valence-electron chi connectivity index (χ3n) is 2.97. The number of carbonyl (C=O) groups is 4. The third-order valence-corrected chi connectivity index (χ3v) is 2.97. The van der Waals surface area contributed by atoms with Gasteiger partial charge in [-0.15, -0.1) is 0 Å². The predicted octanol–water partition coefficient (Wildman–Crippen LogP) is 0.394. The van der Waals surface area contributed by atoms with Crippen molar-refractivity contribution < 1.29 is 19.2 Å². The van der Waals surface area contributed by atoms with Gasteiger partial charge in [0, 0.05) is 5.54 Å². The number of imide groups is 2. The number of nitrogens with one attached hydrogen (secondary N) is 2. The second-order valence-corrected chi connectivity index (χ2v) is 5.88. The van der Waals surface area contributed by atoms with Gasteiger partial charge in [-0.05, 0) is 34.1 Å². The van der Waals surface area contributed by atoms with Gasteiger partial charge in [-0.3, -0.25) is 24.6 Å². The molecule has 0 aromatic heterocycles. The zero-order valence-electron chi connectivity index (χ0n) is 12.4. The summed E-state index contributed by atoms with van der Waals surface area (Å²) < 4.78 is 0.